The average Bonchev–Trinajstić information content (AvgIpc) is 2.59. The molecule has 0 radical (unpaired) electrons. The molecule has 1 heterocycles. The van der Waals surface area contributed by atoms with Gasteiger partial charge in [0, 0.05) is 5.92 Å². The molecule has 0 aromatic heterocycles. The van der Waals surface area contributed by atoms with Crippen LogP contribution in [0.2, 0.25) is 0 Å². The van der Waals surface area contributed by atoms with E-state index in [0.717, 1.165) is 18.2 Å². The van der Waals surface area contributed by atoms with Gasteiger partial charge < -0.3 is 15.2 Å². The summed E-state index contributed by atoms with van der Waals surface area (Å²) in [6, 6.07) is 9.49. The number of nitriles is 2. The van der Waals surface area contributed by atoms with Gasteiger partial charge in [-0.15, -0.1) is 0 Å². The molecule has 0 spiro atoms. The van der Waals surface area contributed by atoms with Crippen LogP contribution in [-0.4, -0.2) is 18.8 Å². The molecule has 6 nitrogen and oxygen atoms in total. The summed E-state index contributed by atoms with van der Waals surface area (Å²) in [5.41, 5.74) is 6.92. The number of nitrogens with two attached hydrogens (primary N) is 1. The number of allylic oxidation sites excluding steroid dienone is 1. The average molecular weight is 342 g/mol. The first kappa shape index (κ1) is 17.7. The number of hydrogen-bond acceptors (Lipinski definition) is 7. The molecule has 0 bridgehead atoms. The maximum absolute atomic E-state index is 9.46. The van der Waals surface area contributed by atoms with Crippen molar-refractivity contribution in [2.45, 2.75) is 19.3 Å². The van der Waals surface area contributed by atoms with Crippen molar-refractivity contribution in [2.24, 2.45) is 11.7 Å². The predicted molar refractivity (Wildman–Crippen MR) is 92.8 cm³/mol. The zero-order valence-electron chi connectivity index (χ0n) is 13.5. The number of nitrogens with one attached hydrogen (secondary N) is 1. The van der Waals surface area contributed by atoms with E-state index in [1.54, 1.807) is 18.2 Å². The van der Waals surface area contributed by atoms with Gasteiger partial charge in [-0.05, 0) is 24.1 Å². The molecule has 7 heteroatoms. The highest BCUT2D eigenvalue weighted by Gasteiger charge is 2.37. The molecule has 0 fully saturated rings. The molecule has 0 aliphatic carbocycles. The summed E-state index contributed by atoms with van der Waals surface area (Å²) in [7, 11) is 1.54. The fourth-order valence-electron chi connectivity index (χ4n) is 2.53. The Morgan fingerprint density at radius 2 is 2.08 bits per heavy atom. The Hall–Kier alpha value is -2.64. The van der Waals surface area contributed by atoms with Crippen LogP contribution < -0.4 is 15.2 Å². The SMILES string of the molecule is CCCOc1ccc([C@H]2C(C#N)=C(N)SC(=N)[C@H]2C#N)cc1OC. The summed E-state index contributed by atoms with van der Waals surface area (Å²) >= 11 is 0.969. The highest BCUT2D eigenvalue weighted by Crippen LogP contribution is 2.44. The van der Waals surface area contributed by atoms with Crippen molar-refractivity contribution in [3.8, 4) is 23.6 Å². The summed E-state index contributed by atoms with van der Waals surface area (Å²) in [5.74, 6) is -0.197. The van der Waals surface area contributed by atoms with Gasteiger partial charge >= 0.3 is 0 Å². The molecule has 24 heavy (non-hydrogen) atoms. The van der Waals surface area contributed by atoms with Crippen molar-refractivity contribution in [1.82, 2.24) is 0 Å². The number of thioether (sulfide) groups is 1. The van der Waals surface area contributed by atoms with Crippen LogP contribution in [-0.2, 0) is 0 Å². The van der Waals surface area contributed by atoms with E-state index in [1.807, 2.05) is 6.92 Å². The summed E-state index contributed by atoms with van der Waals surface area (Å²) < 4.78 is 11.0. The molecule has 124 valence electrons. The number of hydrogen-bond donors (Lipinski definition) is 2. The van der Waals surface area contributed by atoms with Gasteiger partial charge in [-0.3, -0.25) is 5.41 Å². The van der Waals surface area contributed by atoms with E-state index >= 15 is 0 Å². The molecule has 0 saturated carbocycles. The second kappa shape index (κ2) is 7.76. The Kier molecular flexibility index (Phi) is 5.73. The monoisotopic (exact) mass is 342 g/mol. The fraction of sp³-hybridized carbons (Fsp3) is 0.353. The van der Waals surface area contributed by atoms with Crippen LogP contribution in [0.1, 0.15) is 24.8 Å². The van der Waals surface area contributed by atoms with Crippen molar-refractivity contribution in [2.75, 3.05) is 13.7 Å². The summed E-state index contributed by atoms with van der Waals surface area (Å²) in [6.07, 6.45) is 0.871. The number of ether oxygens (including phenoxy) is 2. The van der Waals surface area contributed by atoms with Crippen molar-refractivity contribution >= 4 is 16.8 Å². The van der Waals surface area contributed by atoms with Gasteiger partial charge in [-0.2, -0.15) is 10.5 Å². The highest BCUT2D eigenvalue weighted by molar-refractivity contribution is 8.17. The van der Waals surface area contributed by atoms with E-state index in [-0.39, 0.29) is 10.1 Å². The lowest BCUT2D eigenvalue weighted by Crippen LogP contribution is -2.26. The quantitative estimate of drug-likeness (QED) is 0.849. The van der Waals surface area contributed by atoms with Crippen LogP contribution in [0, 0.1) is 34.0 Å². The van der Waals surface area contributed by atoms with E-state index in [1.165, 1.54) is 7.11 Å². The van der Waals surface area contributed by atoms with Gasteiger partial charge in [0.25, 0.3) is 0 Å². The molecule has 2 atom stereocenters. The van der Waals surface area contributed by atoms with Crippen molar-refractivity contribution in [3.05, 3.63) is 34.4 Å². The van der Waals surface area contributed by atoms with Crippen LogP contribution in [0.25, 0.3) is 0 Å². The molecule has 0 amide bonds. The van der Waals surface area contributed by atoms with Gasteiger partial charge in [-0.25, -0.2) is 0 Å². The summed E-state index contributed by atoms with van der Waals surface area (Å²) in [6.45, 7) is 2.58. The zero-order chi connectivity index (χ0) is 17.7. The summed E-state index contributed by atoms with van der Waals surface area (Å²) in [4.78, 5) is 0. The molecule has 1 aromatic carbocycles. The lowest BCUT2D eigenvalue weighted by Gasteiger charge is -2.28. The van der Waals surface area contributed by atoms with E-state index in [4.69, 9.17) is 20.6 Å². The molecule has 1 aromatic rings. The van der Waals surface area contributed by atoms with E-state index in [0.29, 0.717) is 29.2 Å². The van der Waals surface area contributed by atoms with Gasteiger partial charge in [0.1, 0.15) is 5.92 Å². The highest BCUT2D eigenvalue weighted by atomic mass is 32.2. The van der Waals surface area contributed by atoms with Gasteiger partial charge in [0.15, 0.2) is 11.5 Å². The first-order valence-electron chi connectivity index (χ1n) is 7.43. The minimum Gasteiger partial charge on any atom is -0.493 e. The van der Waals surface area contributed by atoms with Crippen molar-refractivity contribution in [3.63, 3.8) is 0 Å². The first-order valence-corrected chi connectivity index (χ1v) is 8.25. The van der Waals surface area contributed by atoms with Crippen LogP contribution in [0.4, 0.5) is 0 Å². The van der Waals surface area contributed by atoms with E-state index in [9.17, 15) is 10.5 Å². The standard InChI is InChI=1S/C17H18N4O2S/c1-3-6-23-13-5-4-10(7-14(13)22-2)15-11(8-18)16(20)24-17(21)12(15)9-19/h4-5,7,11,15,20H,3,6,21H2,1-2H3/t11-,15+/m0/s1. The third-order valence-electron chi connectivity index (χ3n) is 3.68. The number of rotatable bonds is 5. The zero-order valence-corrected chi connectivity index (χ0v) is 14.3. The Balaban J connectivity index is 2.51. The van der Waals surface area contributed by atoms with Crippen molar-refractivity contribution in [1.29, 1.82) is 15.9 Å². The van der Waals surface area contributed by atoms with Gasteiger partial charge in [0.2, 0.25) is 0 Å². The Morgan fingerprint density at radius 3 is 2.67 bits per heavy atom. The van der Waals surface area contributed by atoms with Gasteiger partial charge in [0.05, 0.1) is 41.5 Å². The number of benzene rings is 1. The summed E-state index contributed by atoms with van der Waals surface area (Å²) in [5, 5.41) is 27.3. The molecular weight excluding hydrogens is 324 g/mol. The first-order chi connectivity index (χ1) is 11.6. The molecule has 3 N–H and O–H groups in total. The Bertz CT molecular complexity index is 761. The smallest absolute Gasteiger partial charge is 0.161 e. The lowest BCUT2D eigenvalue weighted by atomic mass is 9.81. The third kappa shape index (κ3) is 3.32. The van der Waals surface area contributed by atoms with Crippen molar-refractivity contribution < 1.29 is 9.47 Å². The van der Waals surface area contributed by atoms with E-state index in [2.05, 4.69) is 12.1 Å². The molecule has 0 unspecified atom stereocenters. The third-order valence-corrected chi connectivity index (χ3v) is 4.59. The number of nitrogens with zero attached hydrogens (tertiary/aromatic N) is 2. The molecule has 2 rings (SSSR count). The second-order valence-electron chi connectivity index (χ2n) is 5.20. The molecule has 1 aliphatic heterocycles. The largest absolute Gasteiger partial charge is 0.493 e. The number of methoxy groups -OCH3 is 1. The fourth-order valence-corrected chi connectivity index (χ4v) is 3.37. The minimum atomic E-state index is -0.746. The van der Waals surface area contributed by atoms with E-state index < -0.39 is 11.8 Å². The normalized spacial score (nSPS) is 20.2. The lowest BCUT2D eigenvalue weighted by molar-refractivity contribution is 0.294. The van der Waals surface area contributed by atoms with Crippen LogP contribution in [0.3, 0.4) is 0 Å². The van der Waals surface area contributed by atoms with Crippen LogP contribution in [0.5, 0.6) is 11.5 Å². The van der Waals surface area contributed by atoms with Gasteiger partial charge in [-0.1, -0.05) is 24.8 Å². The maximum Gasteiger partial charge on any atom is 0.161 e. The second-order valence-corrected chi connectivity index (χ2v) is 6.28. The topological polar surface area (TPSA) is 116 Å². The predicted octanol–water partition coefficient (Wildman–Crippen LogP) is 3.13. The van der Waals surface area contributed by atoms with Crippen LogP contribution >= 0.6 is 11.8 Å². The molecular formula is C17H18N4O2S. The molecule has 0 saturated heterocycles. The molecule has 1 aliphatic rings. The minimum absolute atomic E-state index is 0.143. The maximum atomic E-state index is 9.46. The Labute approximate surface area is 145 Å². The van der Waals surface area contributed by atoms with Crippen LogP contribution in [0.15, 0.2) is 28.8 Å². The Morgan fingerprint density at radius 1 is 1.33 bits per heavy atom.